The summed E-state index contributed by atoms with van der Waals surface area (Å²) in [6.07, 6.45) is 0. The molecule has 0 spiro atoms. The van der Waals surface area contributed by atoms with Gasteiger partial charge >= 0.3 is 0 Å². The van der Waals surface area contributed by atoms with E-state index in [4.69, 9.17) is 0 Å². The van der Waals surface area contributed by atoms with Gasteiger partial charge in [0.2, 0.25) is 5.91 Å². The van der Waals surface area contributed by atoms with Crippen LogP contribution in [0, 0.1) is 11.8 Å². The van der Waals surface area contributed by atoms with Crippen LogP contribution in [0.1, 0.15) is 16.6 Å². The smallest absolute Gasteiger partial charge is 0.261 e. The molecule has 6 heteroatoms. The first-order valence-corrected chi connectivity index (χ1v) is 7.36. The van der Waals surface area contributed by atoms with Crippen molar-refractivity contribution < 1.29 is 9.59 Å². The van der Waals surface area contributed by atoms with Gasteiger partial charge in [0.25, 0.3) is 5.91 Å². The lowest BCUT2D eigenvalue weighted by Crippen LogP contribution is -2.50. The maximum Gasteiger partial charge on any atom is 0.261 e. The van der Waals surface area contributed by atoms with Gasteiger partial charge in [0, 0.05) is 19.0 Å². The van der Waals surface area contributed by atoms with Crippen molar-refractivity contribution in [3.63, 3.8) is 0 Å². The summed E-state index contributed by atoms with van der Waals surface area (Å²) in [7, 11) is 0. The van der Waals surface area contributed by atoms with Crippen LogP contribution in [0.5, 0.6) is 0 Å². The third kappa shape index (κ3) is 3.78. The highest BCUT2D eigenvalue weighted by Gasteiger charge is 2.28. The highest BCUT2D eigenvalue weighted by molar-refractivity contribution is 7.12. The lowest BCUT2D eigenvalue weighted by Gasteiger charge is -2.31. The summed E-state index contributed by atoms with van der Waals surface area (Å²) in [5.74, 6) is 0.465. The zero-order valence-electron chi connectivity index (χ0n) is 10.9. The Hall–Kier alpha value is -1.40. The Labute approximate surface area is 116 Å². The van der Waals surface area contributed by atoms with Crippen molar-refractivity contribution in [2.45, 2.75) is 6.92 Å². The van der Waals surface area contributed by atoms with Gasteiger partial charge in [0.15, 0.2) is 0 Å². The van der Waals surface area contributed by atoms with Crippen molar-refractivity contribution in [2.24, 2.45) is 11.8 Å². The molecular weight excluding hydrogens is 262 g/mol. The molecule has 5 nitrogen and oxygen atoms in total. The number of carbonyl (C=O) groups is 2. The number of nitrogens with one attached hydrogen (secondary N) is 3. The van der Waals surface area contributed by atoms with E-state index >= 15 is 0 Å². The molecule has 1 fully saturated rings. The van der Waals surface area contributed by atoms with Crippen LogP contribution in [0.3, 0.4) is 0 Å². The van der Waals surface area contributed by atoms with Crippen LogP contribution in [0.4, 0.5) is 0 Å². The molecule has 1 unspecified atom stereocenters. The summed E-state index contributed by atoms with van der Waals surface area (Å²) in [6, 6.07) is 3.62. The number of amides is 2. The summed E-state index contributed by atoms with van der Waals surface area (Å²) in [6.45, 7) is 4.72. The molecule has 2 heterocycles. The Morgan fingerprint density at radius 2 is 2.16 bits per heavy atom. The molecule has 3 N–H and O–H groups in total. The predicted octanol–water partition coefficient (Wildman–Crippen LogP) is 0.450. The number of hydrogen-bond acceptors (Lipinski definition) is 4. The van der Waals surface area contributed by atoms with Crippen molar-refractivity contribution in [1.29, 1.82) is 0 Å². The minimum absolute atomic E-state index is 0.0363. The normalized spacial score (nSPS) is 16.5. The van der Waals surface area contributed by atoms with Gasteiger partial charge in [-0.3, -0.25) is 9.59 Å². The van der Waals surface area contributed by atoms with Crippen molar-refractivity contribution in [1.82, 2.24) is 16.0 Å². The van der Waals surface area contributed by atoms with E-state index in [1.807, 2.05) is 18.4 Å². The van der Waals surface area contributed by atoms with Crippen LogP contribution >= 0.6 is 11.3 Å². The van der Waals surface area contributed by atoms with Gasteiger partial charge in [-0.1, -0.05) is 13.0 Å². The van der Waals surface area contributed by atoms with Gasteiger partial charge in [0.05, 0.1) is 4.88 Å². The second-order valence-corrected chi connectivity index (χ2v) is 5.68. The molecule has 1 aromatic rings. The molecule has 19 heavy (non-hydrogen) atoms. The molecule has 1 atom stereocenters. The SMILES string of the molecule is CC(C(=O)NCCNC(=O)c1cccs1)C1CNC1. The molecule has 1 saturated heterocycles. The van der Waals surface area contributed by atoms with Crippen LogP contribution in [0.2, 0.25) is 0 Å². The molecule has 1 aliphatic heterocycles. The minimum atomic E-state index is -0.0829. The second kappa shape index (κ2) is 6.68. The molecule has 2 amide bonds. The maximum atomic E-state index is 11.8. The monoisotopic (exact) mass is 281 g/mol. The molecule has 1 aliphatic rings. The third-order valence-corrected chi connectivity index (χ3v) is 4.26. The molecule has 0 aromatic carbocycles. The van der Waals surface area contributed by atoms with Crippen LogP contribution in [0.25, 0.3) is 0 Å². The molecule has 2 rings (SSSR count). The third-order valence-electron chi connectivity index (χ3n) is 3.39. The van der Waals surface area contributed by atoms with Crippen LogP contribution in [0.15, 0.2) is 17.5 Å². The minimum Gasteiger partial charge on any atom is -0.354 e. The molecule has 1 aromatic heterocycles. The van der Waals surface area contributed by atoms with Crippen LogP contribution in [-0.2, 0) is 4.79 Å². The van der Waals surface area contributed by atoms with Gasteiger partial charge in [-0.2, -0.15) is 0 Å². The standard InChI is InChI=1S/C13H19N3O2S/c1-9(10-7-14-8-10)12(17)15-4-5-16-13(18)11-3-2-6-19-11/h2-3,6,9-10,14H,4-5,7-8H2,1H3,(H,15,17)(H,16,18). The van der Waals surface area contributed by atoms with E-state index in [0.29, 0.717) is 23.9 Å². The van der Waals surface area contributed by atoms with Gasteiger partial charge in [-0.05, 0) is 30.5 Å². The lowest BCUT2D eigenvalue weighted by molar-refractivity contribution is -0.126. The van der Waals surface area contributed by atoms with Crippen molar-refractivity contribution in [2.75, 3.05) is 26.2 Å². The summed E-state index contributed by atoms with van der Waals surface area (Å²) in [5.41, 5.74) is 0. The summed E-state index contributed by atoms with van der Waals surface area (Å²) in [4.78, 5) is 24.1. The number of thiophene rings is 1. The molecular formula is C13H19N3O2S. The van der Waals surface area contributed by atoms with Gasteiger partial charge < -0.3 is 16.0 Å². The Morgan fingerprint density at radius 3 is 2.74 bits per heavy atom. The Balaban J connectivity index is 1.61. The van der Waals surface area contributed by atoms with E-state index in [2.05, 4.69) is 16.0 Å². The largest absolute Gasteiger partial charge is 0.354 e. The van der Waals surface area contributed by atoms with Crippen LogP contribution < -0.4 is 16.0 Å². The molecule has 0 saturated carbocycles. The average molecular weight is 281 g/mol. The van der Waals surface area contributed by atoms with Gasteiger partial charge in [-0.15, -0.1) is 11.3 Å². The van der Waals surface area contributed by atoms with Crippen molar-refractivity contribution in [3.05, 3.63) is 22.4 Å². The van der Waals surface area contributed by atoms with E-state index in [9.17, 15) is 9.59 Å². The first kappa shape index (κ1) is 14.0. The van der Waals surface area contributed by atoms with E-state index in [0.717, 1.165) is 13.1 Å². The van der Waals surface area contributed by atoms with E-state index in [-0.39, 0.29) is 17.7 Å². The molecule has 0 bridgehead atoms. The zero-order chi connectivity index (χ0) is 13.7. The maximum absolute atomic E-state index is 11.8. The van der Waals surface area contributed by atoms with E-state index in [1.54, 1.807) is 6.07 Å². The fourth-order valence-corrected chi connectivity index (χ4v) is 2.54. The highest BCUT2D eigenvalue weighted by atomic mass is 32.1. The zero-order valence-corrected chi connectivity index (χ0v) is 11.8. The predicted molar refractivity (Wildman–Crippen MR) is 75.2 cm³/mol. The summed E-state index contributed by atoms with van der Waals surface area (Å²) < 4.78 is 0. The Morgan fingerprint density at radius 1 is 1.42 bits per heavy atom. The van der Waals surface area contributed by atoms with E-state index in [1.165, 1.54) is 11.3 Å². The summed E-state index contributed by atoms with van der Waals surface area (Å²) >= 11 is 1.41. The molecule has 0 aliphatic carbocycles. The summed E-state index contributed by atoms with van der Waals surface area (Å²) in [5, 5.41) is 10.7. The Bertz CT molecular complexity index is 429. The van der Waals surface area contributed by atoms with Crippen molar-refractivity contribution in [3.8, 4) is 0 Å². The first-order chi connectivity index (χ1) is 9.18. The Kier molecular flexibility index (Phi) is 4.93. The van der Waals surface area contributed by atoms with Gasteiger partial charge in [-0.25, -0.2) is 0 Å². The first-order valence-electron chi connectivity index (χ1n) is 6.48. The quantitative estimate of drug-likeness (QED) is 0.663. The number of rotatable bonds is 6. The van der Waals surface area contributed by atoms with Gasteiger partial charge in [0.1, 0.15) is 0 Å². The van der Waals surface area contributed by atoms with E-state index < -0.39 is 0 Å². The van der Waals surface area contributed by atoms with Crippen molar-refractivity contribution >= 4 is 23.2 Å². The fraction of sp³-hybridized carbons (Fsp3) is 0.538. The highest BCUT2D eigenvalue weighted by Crippen LogP contribution is 2.15. The molecule has 0 radical (unpaired) electrons. The topological polar surface area (TPSA) is 70.2 Å². The fourth-order valence-electron chi connectivity index (χ4n) is 1.90. The lowest BCUT2D eigenvalue weighted by atomic mass is 9.88. The molecule has 104 valence electrons. The number of carbonyl (C=O) groups excluding carboxylic acids is 2. The average Bonchev–Trinajstić information content (AvgIpc) is 2.85. The number of hydrogen-bond donors (Lipinski definition) is 3. The van der Waals surface area contributed by atoms with Crippen LogP contribution in [-0.4, -0.2) is 38.0 Å². The second-order valence-electron chi connectivity index (χ2n) is 4.73.